The number of H-pyrrole nitrogens is 1. The number of carbonyl (C=O) groups is 3. The largest absolute Gasteiger partial charge is 0.465 e. The average molecular weight is 456 g/mol. The minimum Gasteiger partial charge on any atom is -0.465 e. The van der Waals surface area contributed by atoms with Gasteiger partial charge in [-0.15, -0.1) is 0 Å². The van der Waals surface area contributed by atoms with E-state index in [0.29, 0.717) is 11.1 Å². The number of methoxy groups -OCH3 is 1. The number of esters is 1. The molecule has 0 bridgehead atoms. The quantitative estimate of drug-likeness (QED) is 0.297. The second-order valence-electron chi connectivity index (χ2n) is 7.78. The summed E-state index contributed by atoms with van der Waals surface area (Å²) in [6, 6.07) is 24.3. The highest BCUT2D eigenvalue weighted by Gasteiger charge is 2.24. The first-order valence-corrected chi connectivity index (χ1v) is 10.8. The summed E-state index contributed by atoms with van der Waals surface area (Å²) in [6.45, 7) is 0.0911. The molecule has 1 heterocycles. The summed E-state index contributed by atoms with van der Waals surface area (Å²) in [4.78, 5) is 40.9. The molecular weight excluding hydrogens is 432 g/mol. The van der Waals surface area contributed by atoms with Gasteiger partial charge in [0.05, 0.1) is 12.7 Å². The van der Waals surface area contributed by atoms with E-state index in [-0.39, 0.29) is 18.8 Å². The molecule has 2 N–H and O–H groups in total. The van der Waals surface area contributed by atoms with Crippen LogP contribution in [-0.2, 0) is 22.5 Å². The van der Waals surface area contributed by atoms with Crippen molar-refractivity contribution in [2.24, 2.45) is 0 Å². The Balaban J connectivity index is 1.52. The summed E-state index contributed by atoms with van der Waals surface area (Å²) in [6.07, 6.45) is -0.448. The standard InChI is InChI=1S/C27H24N2O5/c1-33-26(31)20-13-11-19(12-14-20)25(30)24(16-22-15-21-9-5-6-10-23(21)28-22)29-27(32)34-17-18-7-3-2-4-8-18/h2-15,24,28H,16-17H2,1H3,(H,29,32). The van der Waals surface area contributed by atoms with Crippen molar-refractivity contribution in [3.05, 3.63) is 107 Å². The van der Waals surface area contributed by atoms with Crippen molar-refractivity contribution in [3.63, 3.8) is 0 Å². The van der Waals surface area contributed by atoms with Crippen LogP contribution in [0, 0.1) is 0 Å². The zero-order valence-corrected chi connectivity index (χ0v) is 18.6. The molecule has 1 atom stereocenters. The molecule has 0 aliphatic rings. The number of benzene rings is 3. The number of nitrogens with one attached hydrogen (secondary N) is 2. The van der Waals surface area contributed by atoms with Crippen LogP contribution in [0.15, 0.2) is 84.9 Å². The minimum atomic E-state index is -0.875. The molecule has 4 aromatic rings. The zero-order chi connectivity index (χ0) is 23.9. The van der Waals surface area contributed by atoms with Gasteiger partial charge in [0.1, 0.15) is 12.6 Å². The molecule has 0 radical (unpaired) electrons. The Labute approximate surface area is 196 Å². The topological polar surface area (TPSA) is 97.5 Å². The van der Waals surface area contributed by atoms with E-state index in [1.165, 1.54) is 19.2 Å². The molecule has 0 spiro atoms. The van der Waals surface area contributed by atoms with Gasteiger partial charge < -0.3 is 19.8 Å². The van der Waals surface area contributed by atoms with Gasteiger partial charge in [-0.3, -0.25) is 4.79 Å². The highest BCUT2D eigenvalue weighted by atomic mass is 16.5. The summed E-state index contributed by atoms with van der Waals surface area (Å²) in [5.41, 5.74) is 3.28. The molecule has 4 rings (SSSR count). The molecule has 7 heteroatoms. The molecular formula is C27H24N2O5. The van der Waals surface area contributed by atoms with Gasteiger partial charge in [0.2, 0.25) is 0 Å². The van der Waals surface area contributed by atoms with E-state index in [2.05, 4.69) is 10.3 Å². The molecule has 1 unspecified atom stereocenters. The van der Waals surface area contributed by atoms with E-state index >= 15 is 0 Å². The molecule has 3 aromatic carbocycles. The van der Waals surface area contributed by atoms with Crippen LogP contribution in [0.1, 0.15) is 32.0 Å². The van der Waals surface area contributed by atoms with Crippen LogP contribution in [0.5, 0.6) is 0 Å². The number of para-hydroxylation sites is 1. The fourth-order valence-electron chi connectivity index (χ4n) is 3.67. The van der Waals surface area contributed by atoms with Gasteiger partial charge in [0.25, 0.3) is 0 Å². The number of aromatic amines is 1. The maximum atomic E-state index is 13.3. The smallest absolute Gasteiger partial charge is 0.408 e. The Morgan fingerprint density at radius 3 is 2.26 bits per heavy atom. The Kier molecular flexibility index (Phi) is 7.03. The lowest BCUT2D eigenvalue weighted by Crippen LogP contribution is -2.42. The van der Waals surface area contributed by atoms with Gasteiger partial charge in [0.15, 0.2) is 5.78 Å². The van der Waals surface area contributed by atoms with Gasteiger partial charge in [-0.2, -0.15) is 0 Å². The fourth-order valence-corrected chi connectivity index (χ4v) is 3.67. The predicted molar refractivity (Wildman–Crippen MR) is 128 cm³/mol. The maximum Gasteiger partial charge on any atom is 0.408 e. The first-order chi connectivity index (χ1) is 16.5. The first-order valence-electron chi connectivity index (χ1n) is 10.8. The van der Waals surface area contributed by atoms with Crippen LogP contribution in [-0.4, -0.2) is 36.0 Å². The summed E-state index contributed by atoms with van der Waals surface area (Å²) < 4.78 is 10.0. The third-order valence-corrected chi connectivity index (χ3v) is 5.42. The minimum absolute atomic E-state index is 0.0911. The molecule has 0 fully saturated rings. The normalized spacial score (nSPS) is 11.6. The number of carbonyl (C=O) groups excluding carboxylic acids is 3. The fraction of sp³-hybridized carbons (Fsp3) is 0.148. The van der Waals surface area contributed by atoms with Crippen LogP contribution >= 0.6 is 0 Å². The lowest BCUT2D eigenvalue weighted by atomic mass is 9.99. The van der Waals surface area contributed by atoms with Gasteiger partial charge in [-0.05, 0) is 35.2 Å². The van der Waals surface area contributed by atoms with Crippen molar-refractivity contribution < 1.29 is 23.9 Å². The lowest BCUT2D eigenvalue weighted by molar-refractivity contribution is 0.0600. The van der Waals surface area contributed by atoms with Crippen molar-refractivity contribution in [1.82, 2.24) is 10.3 Å². The van der Waals surface area contributed by atoms with E-state index in [4.69, 9.17) is 9.47 Å². The van der Waals surface area contributed by atoms with Crippen molar-refractivity contribution in [2.75, 3.05) is 7.11 Å². The molecule has 0 saturated heterocycles. The molecule has 1 aromatic heterocycles. The average Bonchev–Trinajstić information content (AvgIpc) is 3.29. The summed E-state index contributed by atoms with van der Waals surface area (Å²) in [5, 5.41) is 3.72. The van der Waals surface area contributed by atoms with Crippen LogP contribution < -0.4 is 5.32 Å². The number of hydrogen-bond acceptors (Lipinski definition) is 5. The number of ether oxygens (including phenoxy) is 2. The van der Waals surface area contributed by atoms with Gasteiger partial charge >= 0.3 is 12.1 Å². The van der Waals surface area contributed by atoms with E-state index < -0.39 is 18.1 Å². The number of hydrogen-bond donors (Lipinski definition) is 2. The summed E-state index contributed by atoms with van der Waals surface area (Å²) in [7, 11) is 1.29. The molecule has 7 nitrogen and oxygen atoms in total. The van der Waals surface area contributed by atoms with Crippen LogP contribution in [0.4, 0.5) is 4.79 Å². The molecule has 34 heavy (non-hydrogen) atoms. The Morgan fingerprint density at radius 1 is 0.882 bits per heavy atom. The Morgan fingerprint density at radius 2 is 1.56 bits per heavy atom. The second kappa shape index (κ2) is 10.5. The SMILES string of the molecule is COC(=O)c1ccc(C(=O)C(Cc2cc3ccccc3[nH]2)NC(=O)OCc2ccccc2)cc1. The highest BCUT2D eigenvalue weighted by Crippen LogP contribution is 2.18. The van der Waals surface area contributed by atoms with Crippen molar-refractivity contribution in [2.45, 2.75) is 19.1 Å². The van der Waals surface area contributed by atoms with Gasteiger partial charge in [-0.1, -0.05) is 60.7 Å². The van der Waals surface area contributed by atoms with E-state index in [0.717, 1.165) is 22.2 Å². The number of alkyl carbamates (subject to hydrolysis) is 1. The number of aromatic nitrogens is 1. The first kappa shape index (κ1) is 22.8. The van der Waals surface area contributed by atoms with E-state index in [1.54, 1.807) is 12.1 Å². The van der Waals surface area contributed by atoms with Crippen LogP contribution in [0.2, 0.25) is 0 Å². The number of ketones is 1. The summed E-state index contributed by atoms with van der Waals surface area (Å²) >= 11 is 0. The van der Waals surface area contributed by atoms with Crippen molar-refractivity contribution >= 4 is 28.7 Å². The van der Waals surface area contributed by atoms with E-state index in [9.17, 15) is 14.4 Å². The van der Waals surface area contributed by atoms with Crippen molar-refractivity contribution in [3.8, 4) is 0 Å². The van der Waals surface area contributed by atoms with Crippen LogP contribution in [0.3, 0.4) is 0 Å². The third kappa shape index (κ3) is 5.50. The maximum absolute atomic E-state index is 13.3. The number of amides is 1. The number of rotatable bonds is 8. The van der Waals surface area contributed by atoms with Crippen molar-refractivity contribution in [1.29, 1.82) is 0 Å². The molecule has 0 aliphatic heterocycles. The molecule has 172 valence electrons. The number of fused-ring (bicyclic) bond motifs is 1. The number of Topliss-reactive ketones (excluding diaryl/α,β-unsaturated/α-hetero) is 1. The highest BCUT2D eigenvalue weighted by molar-refractivity contribution is 6.02. The molecule has 0 saturated carbocycles. The zero-order valence-electron chi connectivity index (χ0n) is 18.6. The lowest BCUT2D eigenvalue weighted by Gasteiger charge is -2.17. The molecule has 0 aliphatic carbocycles. The predicted octanol–water partition coefficient (Wildman–Crippen LogP) is 4.67. The van der Waals surface area contributed by atoms with Gasteiger partial charge in [0, 0.05) is 23.2 Å². The summed E-state index contributed by atoms with van der Waals surface area (Å²) in [5.74, 6) is -0.789. The van der Waals surface area contributed by atoms with Crippen LogP contribution in [0.25, 0.3) is 10.9 Å². The van der Waals surface area contributed by atoms with E-state index in [1.807, 2.05) is 60.7 Å². The third-order valence-electron chi connectivity index (χ3n) is 5.42. The Hall–Kier alpha value is -4.39. The second-order valence-corrected chi connectivity index (χ2v) is 7.78. The monoisotopic (exact) mass is 456 g/mol. The Bertz CT molecular complexity index is 1260. The molecule has 1 amide bonds. The van der Waals surface area contributed by atoms with Gasteiger partial charge in [-0.25, -0.2) is 9.59 Å².